The summed E-state index contributed by atoms with van der Waals surface area (Å²) in [6.45, 7) is 3.95. The van der Waals surface area contributed by atoms with E-state index in [2.05, 4.69) is 10.5 Å². The quantitative estimate of drug-likeness (QED) is 0.719. The highest BCUT2D eigenvalue weighted by Crippen LogP contribution is 2.20. The molecule has 3 aromatic rings. The second-order valence-electron chi connectivity index (χ2n) is 6.77. The summed E-state index contributed by atoms with van der Waals surface area (Å²) in [4.78, 5) is 26.9. The zero-order valence-corrected chi connectivity index (χ0v) is 16.4. The van der Waals surface area contributed by atoms with Crippen LogP contribution in [0.3, 0.4) is 0 Å². The van der Waals surface area contributed by atoms with Gasteiger partial charge in [-0.2, -0.15) is 5.26 Å². The number of nitrogens with zero attached hydrogens (tertiary/aromatic N) is 3. The Balaban J connectivity index is 1.77. The fourth-order valence-corrected chi connectivity index (χ4v) is 2.83. The highest BCUT2D eigenvalue weighted by atomic mass is 16.5. The van der Waals surface area contributed by atoms with Crippen molar-refractivity contribution in [3.63, 3.8) is 0 Å². The SMILES string of the molecule is Cc1cc(CN(C)C(=O)c2ccc(C)c(NC(=O)c3cccc(C#N)c3)c2)on1. The van der Waals surface area contributed by atoms with Crippen molar-refractivity contribution in [3.05, 3.63) is 82.2 Å². The number of anilines is 1. The van der Waals surface area contributed by atoms with Crippen LogP contribution in [0.15, 0.2) is 53.1 Å². The largest absolute Gasteiger partial charge is 0.359 e. The summed E-state index contributed by atoms with van der Waals surface area (Å²) in [7, 11) is 1.67. The maximum atomic E-state index is 12.8. The van der Waals surface area contributed by atoms with Crippen LogP contribution in [0, 0.1) is 25.2 Å². The summed E-state index contributed by atoms with van der Waals surface area (Å²) < 4.78 is 5.16. The van der Waals surface area contributed by atoms with Crippen molar-refractivity contribution < 1.29 is 14.1 Å². The predicted molar refractivity (Wildman–Crippen MR) is 107 cm³/mol. The third-order valence-corrected chi connectivity index (χ3v) is 4.40. The molecule has 146 valence electrons. The maximum absolute atomic E-state index is 12.8. The molecule has 0 aliphatic rings. The van der Waals surface area contributed by atoms with Gasteiger partial charge in [0, 0.05) is 29.9 Å². The van der Waals surface area contributed by atoms with E-state index in [4.69, 9.17) is 9.78 Å². The van der Waals surface area contributed by atoms with Gasteiger partial charge in [0.1, 0.15) is 0 Å². The highest BCUT2D eigenvalue weighted by Gasteiger charge is 2.16. The standard InChI is InChI=1S/C22H20N4O3/c1-14-7-8-18(22(28)26(3)13-19-9-15(2)25-29-19)11-20(14)24-21(27)17-6-4-5-16(10-17)12-23/h4-11H,13H2,1-3H3,(H,24,27). The topological polar surface area (TPSA) is 99.2 Å². The van der Waals surface area contributed by atoms with E-state index in [0.717, 1.165) is 11.3 Å². The second kappa shape index (κ2) is 8.40. The van der Waals surface area contributed by atoms with E-state index in [1.54, 1.807) is 49.5 Å². The van der Waals surface area contributed by atoms with E-state index in [0.29, 0.717) is 28.1 Å². The van der Waals surface area contributed by atoms with Gasteiger partial charge in [0.2, 0.25) is 0 Å². The zero-order chi connectivity index (χ0) is 21.0. The molecule has 0 aliphatic carbocycles. The Bertz CT molecular complexity index is 1110. The fourth-order valence-electron chi connectivity index (χ4n) is 2.83. The summed E-state index contributed by atoms with van der Waals surface area (Å²) in [5.74, 6) is 0.0395. The minimum atomic E-state index is -0.347. The van der Waals surface area contributed by atoms with Gasteiger partial charge in [0.05, 0.1) is 23.9 Å². The second-order valence-corrected chi connectivity index (χ2v) is 6.77. The van der Waals surface area contributed by atoms with Gasteiger partial charge in [-0.3, -0.25) is 9.59 Å². The summed E-state index contributed by atoms with van der Waals surface area (Å²) in [6, 6.07) is 15.4. The zero-order valence-electron chi connectivity index (χ0n) is 16.4. The molecule has 1 N–H and O–H groups in total. The molecule has 0 radical (unpaired) electrons. The number of benzene rings is 2. The molecule has 7 nitrogen and oxygen atoms in total. The third kappa shape index (κ3) is 4.68. The first-order valence-electron chi connectivity index (χ1n) is 8.97. The van der Waals surface area contributed by atoms with Gasteiger partial charge in [-0.15, -0.1) is 0 Å². The number of aryl methyl sites for hydroxylation is 2. The Labute approximate surface area is 168 Å². The predicted octanol–water partition coefficient (Wildman–Crippen LogP) is 3.69. The number of carbonyl (C=O) groups is 2. The lowest BCUT2D eigenvalue weighted by molar-refractivity contribution is 0.0772. The van der Waals surface area contributed by atoms with Gasteiger partial charge < -0.3 is 14.7 Å². The Morgan fingerprint density at radius 3 is 2.62 bits per heavy atom. The highest BCUT2D eigenvalue weighted by molar-refractivity contribution is 6.05. The normalized spacial score (nSPS) is 10.3. The molecule has 0 saturated carbocycles. The number of rotatable bonds is 5. The monoisotopic (exact) mass is 388 g/mol. The molecule has 0 saturated heterocycles. The van der Waals surface area contributed by atoms with Gasteiger partial charge in [0.25, 0.3) is 11.8 Å². The Kier molecular flexibility index (Phi) is 5.74. The van der Waals surface area contributed by atoms with Gasteiger partial charge >= 0.3 is 0 Å². The van der Waals surface area contributed by atoms with Crippen LogP contribution in [-0.2, 0) is 6.54 Å². The smallest absolute Gasteiger partial charge is 0.255 e. The van der Waals surface area contributed by atoms with Crippen LogP contribution >= 0.6 is 0 Å². The number of amides is 2. The molecule has 29 heavy (non-hydrogen) atoms. The first kappa shape index (κ1) is 19.8. The van der Waals surface area contributed by atoms with Crippen LogP contribution in [0.1, 0.15) is 43.3 Å². The van der Waals surface area contributed by atoms with E-state index < -0.39 is 0 Å². The molecule has 3 rings (SSSR count). The minimum Gasteiger partial charge on any atom is -0.359 e. The molecule has 0 aliphatic heterocycles. The molecule has 1 aromatic heterocycles. The van der Waals surface area contributed by atoms with Crippen molar-refractivity contribution in [2.45, 2.75) is 20.4 Å². The number of hydrogen-bond donors (Lipinski definition) is 1. The van der Waals surface area contributed by atoms with Crippen molar-refractivity contribution in [1.29, 1.82) is 5.26 Å². The van der Waals surface area contributed by atoms with Crippen LogP contribution < -0.4 is 5.32 Å². The van der Waals surface area contributed by atoms with Crippen molar-refractivity contribution in [1.82, 2.24) is 10.1 Å². The van der Waals surface area contributed by atoms with Gasteiger partial charge in [-0.1, -0.05) is 17.3 Å². The molecule has 0 fully saturated rings. The van der Waals surface area contributed by atoms with Crippen LogP contribution in [0.4, 0.5) is 5.69 Å². The molecular weight excluding hydrogens is 368 g/mol. The molecule has 0 unspecified atom stereocenters. The lowest BCUT2D eigenvalue weighted by Gasteiger charge is -2.17. The van der Waals surface area contributed by atoms with E-state index in [1.165, 1.54) is 11.0 Å². The fraction of sp³-hybridized carbons (Fsp3) is 0.182. The molecule has 2 amide bonds. The average molecular weight is 388 g/mol. The molecule has 7 heteroatoms. The summed E-state index contributed by atoms with van der Waals surface area (Å²) in [5.41, 5.74) is 3.32. The van der Waals surface area contributed by atoms with Crippen molar-refractivity contribution in [2.24, 2.45) is 0 Å². The maximum Gasteiger partial charge on any atom is 0.255 e. The average Bonchev–Trinajstić information content (AvgIpc) is 3.13. The van der Waals surface area contributed by atoms with Crippen molar-refractivity contribution in [2.75, 3.05) is 12.4 Å². The third-order valence-electron chi connectivity index (χ3n) is 4.40. The molecule has 2 aromatic carbocycles. The molecule has 0 atom stereocenters. The van der Waals surface area contributed by atoms with Crippen LogP contribution in [0.5, 0.6) is 0 Å². The number of nitrogens with one attached hydrogen (secondary N) is 1. The summed E-state index contributed by atoms with van der Waals surface area (Å²) in [5, 5.41) is 15.6. The lowest BCUT2D eigenvalue weighted by Crippen LogP contribution is -2.26. The lowest BCUT2D eigenvalue weighted by atomic mass is 10.1. The molecule has 0 spiro atoms. The number of hydrogen-bond acceptors (Lipinski definition) is 5. The van der Waals surface area contributed by atoms with E-state index in [1.807, 2.05) is 19.9 Å². The number of carbonyl (C=O) groups excluding carboxylic acids is 2. The van der Waals surface area contributed by atoms with Crippen molar-refractivity contribution in [3.8, 4) is 6.07 Å². The van der Waals surface area contributed by atoms with Gasteiger partial charge in [-0.25, -0.2) is 0 Å². The molecular formula is C22H20N4O3. The van der Waals surface area contributed by atoms with Crippen LogP contribution in [0.25, 0.3) is 0 Å². The Morgan fingerprint density at radius 2 is 1.93 bits per heavy atom. The van der Waals surface area contributed by atoms with E-state index in [9.17, 15) is 9.59 Å². The minimum absolute atomic E-state index is 0.207. The number of aromatic nitrogens is 1. The van der Waals surface area contributed by atoms with E-state index >= 15 is 0 Å². The summed E-state index contributed by atoms with van der Waals surface area (Å²) >= 11 is 0. The first-order chi connectivity index (χ1) is 13.9. The summed E-state index contributed by atoms with van der Waals surface area (Å²) in [6.07, 6.45) is 0. The molecule has 1 heterocycles. The van der Waals surface area contributed by atoms with E-state index in [-0.39, 0.29) is 18.4 Å². The first-order valence-corrected chi connectivity index (χ1v) is 8.97. The van der Waals surface area contributed by atoms with Gasteiger partial charge in [0.15, 0.2) is 5.76 Å². The van der Waals surface area contributed by atoms with Crippen LogP contribution in [-0.4, -0.2) is 28.9 Å². The Hall–Kier alpha value is -3.92. The van der Waals surface area contributed by atoms with Crippen molar-refractivity contribution >= 4 is 17.5 Å². The van der Waals surface area contributed by atoms with Crippen LogP contribution in [0.2, 0.25) is 0 Å². The molecule has 0 bridgehead atoms. The van der Waals surface area contributed by atoms with Gasteiger partial charge in [-0.05, 0) is 49.7 Å². The Morgan fingerprint density at radius 1 is 1.14 bits per heavy atom. The number of nitriles is 1.